The number of likely N-dealkylation sites (tertiary alicyclic amines) is 1. The van der Waals surface area contributed by atoms with Crippen LogP contribution in [0.2, 0.25) is 0 Å². The Morgan fingerprint density at radius 2 is 1.86 bits per heavy atom. The SMILES string of the molecule is Cc1nc(Cc2cccc3ccccc23)sc1CC(=O)N1CCC(C(N)=O)CC1. The quantitative estimate of drug-likeness (QED) is 0.704. The molecule has 6 heteroatoms. The normalized spacial score (nSPS) is 15.0. The molecule has 3 aromatic rings. The molecule has 2 amide bonds. The number of hydrogen-bond donors (Lipinski definition) is 1. The van der Waals surface area contributed by atoms with E-state index in [0.717, 1.165) is 22.0 Å². The number of thiazole rings is 1. The third-order valence-electron chi connectivity index (χ3n) is 5.72. The van der Waals surface area contributed by atoms with Crippen LogP contribution in [0.4, 0.5) is 0 Å². The number of amides is 2. The number of aryl methyl sites for hydroxylation is 1. The van der Waals surface area contributed by atoms with Gasteiger partial charge in [-0.2, -0.15) is 0 Å². The lowest BCUT2D eigenvalue weighted by molar-refractivity contribution is -0.134. The van der Waals surface area contributed by atoms with Crippen molar-refractivity contribution in [2.24, 2.45) is 11.7 Å². The molecule has 2 heterocycles. The summed E-state index contributed by atoms with van der Waals surface area (Å²) in [4.78, 5) is 31.7. The number of benzene rings is 2. The van der Waals surface area contributed by atoms with Gasteiger partial charge in [0.2, 0.25) is 11.8 Å². The van der Waals surface area contributed by atoms with Crippen LogP contribution in [0.3, 0.4) is 0 Å². The minimum Gasteiger partial charge on any atom is -0.369 e. The van der Waals surface area contributed by atoms with Gasteiger partial charge in [-0.3, -0.25) is 9.59 Å². The van der Waals surface area contributed by atoms with E-state index in [2.05, 4.69) is 42.5 Å². The summed E-state index contributed by atoms with van der Waals surface area (Å²) in [6.07, 6.45) is 2.47. The number of nitrogens with zero attached hydrogens (tertiary/aromatic N) is 2. The van der Waals surface area contributed by atoms with Gasteiger partial charge in [0, 0.05) is 30.3 Å². The average molecular weight is 408 g/mol. The van der Waals surface area contributed by atoms with Crippen molar-refractivity contribution in [3.63, 3.8) is 0 Å². The fourth-order valence-electron chi connectivity index (χ4n) is 4.00. The maximum Gasteiger partial charge on any atom is 0.227 e. The largest absolute Gasteiger partial charge is 0.369 e. The second-order valence-electron chi connectivity index (χ2n) is 7.67. The standard InChI is InChI=1S/C23H25N3O2S/c1-15-20(14-22(27)26-11-9-17(10-12-26)23(24)28)29-21(25-15)13-18-7-4-6-16-5-2-3-8-19(16)18/h2-8,17H,9-14H2,1H3,(H2,24,28). The minimum atomic E-state index is -0.256. The van der Waals surface area contributed by atoms with Crippen LogP contribution in [0.15, 0.2) is 42.5 Å². The monoisotopic (exact) mass is 407 g/mol. The van der Waals surface area contributed by atoms with Crippen LogP contribution >= 0.6 is 11.3 Å². The van der Waals surface area contributed by atoms with Gasteiger partial charge in [-0.1, -0.05) is 42.5 Å². The molecule has 0 unspecified atom stereocenters. The average Bonchev–Trinajstić information content (AvgIpc) is 3.07. The van der Waals surface area contributed by atoms with E-state index in [-0.39, 0.29) is 17.7 Å². The summed E-state index contributed by atoms with van der Waals surface area (Å²) < 4.78 is 0. The molecule has 0 radical (unpaired) electrons. The minimum absolute atomic E-state index is 0.100. The van der Waals surface area contributed by atoms with Crippen molar-refractivity contribution in [3.05, 3.63) is 63.6 Å². The van der Waals surface area contributed by atoms with Gasteiger partial charge >= 0.3 is 0 Å². The maximum absolute atomic E-state index is 12.7. The lowest BCUT2D eigenvalue weighted by Crippen LogP contribution is -2.42. The topological polar surface area (TPSA) is 76.3 Å². The zero-order valence-electron chi connectivity index (χ0n) is 16.6. The first-order chi connectivity index (χ1) is 14.0. The highest BCUT2D eigenvalue weighted by molar-refractivity contribution is 7.11. The third-order valence-corrected chi connectivity index (χ3v) is 6.88. The Morgan fingerprint density at radius 1 is 1.14 bits per heavy atom. The molecule has 29 heavy (non-hydrogen) atoms. The summed E-state index contributed by atoms with van der Waals surface area (Å²) in [5, 5.41) is 3.51. The van der Waals surface area contributed by atoms with E-state index >= 15 is 0 Å². The molecule has 1 saturated heterocycles. The van der Waals surface area contributed by atoms with E-state index in [9.17, 15) is 9.59 Å². The predicted molar refractivity (Wildman–Crippen MR) is 116 cm³/mol. The fraction of sp³-hybridized carbons (Fsp3) is 0.348. The lowest BCUT2D eigenvalue weighted by atomic mass is 9.96. The molecule has 0 spiro atoms. The van der Waals surface area contributed by atoms with Crippen molar-refractivity contribution >= 4 is 33.9 Å². The first kappa shape index (κ1) is 19.6. The Morgan fingerprint density at radius 3 is 2.62 bits per heavy atom. The summed E-state index contributed by atoms with van der Waals surface area (Å²) in [5.74, 6) is -0.249. The van der Waals surface area contributed by atoms with E-state index in [1.807, 2.05) is 11.8 Å². The molecule has 0 bridgehead atoms. The Bertz CT molecular complexity index is 1050. The summed E-state index contributed by atoms with van der Waals surface area (Å²) in [6, 6.07) is 14.7. The number of primary amides is 1. The van der Waals surface area contributed by atoms with Gasteiger partial charge < -0.3 is 10.6 Å². The van der Waals surface area contributed by atoms with Gasteiger partial charge in [0.05, 0.1) is 17.1 Å². The lowest BCUT2D eigenvalue weighted by Gasteiger charge is -2.30. The summed E-state index contributed by atoms with van der Waals surface area (Å²) in [6.45, 7) is 3.19. The Labute approximate surface area is 174 Å². The van der Waals surface area contributed by atoms with Crippen LogP contribution in [-0.4, -0.2) is 34.8 Å². The van der Waals surface area contributed by atoms with Gasteiger partial charge in [-0.15, -0.1) is 11.3 Å². The van der Waals surface area contributed by atoms with Crippen molar-refractivity contribution < 1.29 is 9.59 Å². The van der Waals surface area contributed by atoms with Crippen LogP contribution in [0.25, 0.3) is 10.8 Å². The van der Waals surface area contributed by atoms with E-state index in [1.165, 1.54) is 16.3 Å². The van der Waals surface area contributed by atoms with Crippen molar-refractivity contribution in [1.82, 2.24) is 9.88 Å². The highest BCUT2D eigenvalue weighted by atomic mass is 32.1. The van der Waals surface area contributed by atoms with Crippen LogP contribution in [-0.2, 0) is 22.4 Å². The number of rotatable bonds is 5. The van der Waals surface area contributed by atoms with Gasteiger partial charge in [0.25, 0.3) is 0 Å². The zero-order chi connectivity index (χ0) is 20.4. The van der Waals surface area contributed by atoms with Crippen LogP contribution in [0, 0.1) is 12.8 Å². The number of carbonyl (C=O) groups excluding carboxylic acids is 2. The number of piperidine rings is 1. The summed E-state index contributed by atoms with van der Waals surface area (Å²) >= 11 is 1.63. The van der Waals surface area contributed by atoms with Crippen LogP contribution < -0.4 is 5.73 Å². The van der Waals surface area contributed by atoms with E-state index in [1.54, 1.807) is 11.3 Å². The Hall–Kier alpha value is -2.73. The third kappa shape index (κ3) is 4.32. The van der Waals surface area contributed by atoms with E-state index < -0.39 is 0 Å². The van der Waals surface area contributed by atoms with Gasteiger partial charge in [-0.05, 0) is 36.1 Å². The Kier molecular flexibility index (Phi) is 5.62. The molecule has 0 atom stereocenters. The second-order valence-corrected chi connectivity index (χ2v) is 8.83. The Balaban J connectivity index is 1.44. The highest BCUT2D eigenvalue weighted by Gasteiger charge is 2.26. The molecule has 5 nitrogen and oxygen atoms in total. The highest BCUT2D eigenvalue weighted by Crippen LogP contribution is 2.26. The van der Waals surface area contributed by atoms with Gasteiger partial charge in [0.15, 0.2) is 0 Å². The van der Waals surface area contributed by atoms with Gasteiger partial charge in [0.1, 0.15) is 0 Å². The van der Waals surface area contributed by atoms with Crippen molar-refractivity contribution in [2.45, 2.75) is 32.6 Å². The second kappa shape index (κ2) is 8.33. The van der Waals surface area contributed by atoms with Crippen molar-refractivity contribution in [2.75, 3.05) is 13.1 Å². The fourth-order valence-corrected chi connectivity index (χ4v) is 5.08. The molecule has 1 aliphatic heterocycles. The van der Waals surface area contributed by atoms with Crippen LogP contribution in [0.1, 0.15) is 34.0 Å². The van der Waals surface area contributed by atoms with Crippen molar-refractivity contribution in [1.29, 1.82) is 0 Å². The summed E-state index contributed by atoms with van der Waals surface area (Å²) in [7, 11) is 0. The smallest absolute Gasteiger partial charge is 0.227 e. The van der Waals surface area contributed by atoms with E-state index in [4.69, 9.17) is 10.7 Å². The molecule has 0 saturated carbocycles. The predicted octanol–water partition coefficient (Wildman–Crippen LogP) is 3.46. The van der Waals surface area contributed by atoms with Crippen LogP contribution in [0.5, 0.6) is 0 Å². The summed E-state index contributed by atoms with van der Waals surface area (Å²) in [5.41, 5.74) is 7.57. The molecule has 2 aromatic carbocycles. The molecule has 1 fully saturated rings. The van der Waals surface area contributed by atoms with E-state index in [0.29, 0.717) is 32.4 Å². The molecule has 150 valence electrons. The van der Waals surface area contributed by atoms with Crippen molar-refractivity contribution in [3.8, 4) is 0 Å². The number of carbonyl (C=O) groups is 2. The number of nitrogens with two attached hydrogens (primary N) is 1. The number of hydrogen-bond acceptors (Lipinski definition) is 4. The molecule has 1 aliphatic rings. The molecular weight excluding hydrogens is 382 g/mol. The number of aromatic nitrogens is 1. The number of fused-ring (bicyclic) bond motifs is 1. The maximum atomic E-state index is 12.7. The first-order valence-corrected chi connectivity index (χ1v) is 10.8. The molecule has 1 aromatic heterocycles. The molecule has 2 N–H and O–H groups in total. The molecule has 4 rings (SSSR count). The first-order valence-electron chi connectivity index (χ1n) is 10.00. The zero-order valence-corrected chi connectivity index (χ0v) is 17.4. The molecule has 0 aliphatic carbocycles. The molecular formula is C23H25N3O2S. The van der Waals surface area contributed by atoms with Gasteiger partial charge in [-0.25, -0.2) is 4.98 Å².